The molecule has 176 valence electrons. The molecule has 1 aromatic heterocycles. The third-order valence-electron chi connectivity index (χ3n) is 7.31. The fourth-order valence-electron chi connectivity index (χ4n) is 5.47. The van der Waals surface area contributed by atoms with Crippen molar-refractivity contribution in [3.63, 3.8) is 0 Å². The molecule has 0 aliphatic carbocycles. The van der Waals surface area contributed by atoms with Crippen molar-refractivity contribution in [2.45, 2.75) is 45.3 Å². The molecule has 3 aromatic rings. The number of anilines is 1. The summed E-state index contributed by atoms with van der Waals surface area (Å²) in [6, 6.07) is 21.1. The van der Waals surface area contributed by atoms with Crippen LogP contribution in [0.4, 0.5) is 5.69 Å². The van der Waals surface area contributed by atoms with Crippen molar-refractivity contribution >= 4 is 11.6 Å². The van der Waals surface area contributed by atoms with Gasteiger partial charge < -0.3 is 10.2 Å². The van der Waals surface area contributed by atoms with Gasteiger partial charge in [0.1, 0.15) is 0 Å². The Morgan fingerprint density at radius 1 is 1.03 bits per heavy atom. The molecule has 2 fully saturated rings. The molecule has 2 aliphatic heterocycles. The average Bonchev–Trinajstić information content (AvgIpc) is 3.15. The first-order chi connectivity index (χ1) is 16.7. The number of likely N-dealkylation sites (tertiary alicyclic amines) is 2. The predicted octanol–water partition coefficient (Wildman–Crippen LogP) is 5.13. The SMILES string of the molecule is Cc1ccc(C(=O)N2CCCC[C@H]3CN(Cc4ccccc4)C[C@H]32)cc1NCc1cccnc1. The van der Waals surface area contributed by atoms with Crippen LogP contribution in [0.3, 0.4) is 0 Å². The molecule has 0 unspecified atom stereocenters. The molecule has 5 nitrogen and oxygen atoms in total. The molecule has 2 aromatic carbocycles. The lowest BCUT2D eigenvalue weighted by atomic mass is 9.98. The van der Waals surface area contributed by atoms with Gasteiger partial charge in [0.25, 0.3) is 5.91 Å². The van der Waals surface area contributed by atoms with Crippen molar-refractivity contribution in [2.75, 3.05) is 25.0 Å². The lowest BCUT2D eigenvalue weighted by Crippen LogP contribution is -2.44. The Kier molecular flexibility index (Phi) is 6.91. The number of carbonyl (C=O) groups is 1. The fourth-order valence-corrected chi connectivity index (χ4v) is 5.47. The summed E-state index contributed by atoms with van der Waals surface area (Å²) in [5, 5.41) is 3.50. The maximum absolute atomic E-state index is 13.8. The van der Waals surface area contributed by atoms with Crippen LogP contribution in [-0.2, 0) is 13.1 Å². The molecule has 5 heteroatoms. The summed E-state index contributed by atoms with van der Waals surface area (Å²) in [5.74, 6) is 0.728. The zero-order valence-electron chi connectivity index (χ0n) is 20.0. The van der Waals surface area contributed by atoms with E-state index in [2.05, 4.69) is 69.5 Å². The van der Waals surface area contributed by atoms with E-state index in [1.165, 1.54) is 18.4 Å². The summed E-state index contributed by atoms with van der Waals surface area (Å²) in [4.78, 5) is 22.7. The third kappa shape index (κ3) is 5.15. The van der Waals surface area contributed by atoms with E-state index in [9.17, 15) is 4.79 Å². The molecule has 5 rings (SSSR count). The highest BCUT2D eigenvalue weighted by molar-refractivity contribution is 5.95. The summed E-state index contributed by atoms with van der Waals surface area (Å²) >= 11 is 0. The van der Waals surface area contributed by atoms with Crippen LogP contribution in [0.25, 0.3) is 0 Å². The summed E-state index contributed by atoms with van der Waals surface area (Å²) in [5.41, 5.74) is 5.40. The van der Waals surface area contributed by atoms with Gasteiger partial charge in [-0.2, -0.15) is 0 Å². The number of hydrogen-bond acceptors (Lipinski definition) is 4. The second-order valence-electron chi connectivity index (χ2n) is 9.75. The average molecular weight is 455 g/mol. The van der Waals surface area contributed by atoms with Crippen LogP contribution < -0.4 is 5.32 Å². The predicted molar refractivity (Wildman–Crippen MR) is 137 cm³/mol. The Hall–Kier alpha value is -3.18. The van der Waals surface area contributed by atoms with Crippen LogP contribution >= 0.6 is 0 Å². The van der Waals surface area contributed by atoms with Gasteiger partial charge in [-0.1, -0.05) is 48.9 Å². The van der Waals surface area contributed by atoms with Gasteiger partial charge in [-0.05, 0) is 60.6 Å². The molecule has 1 amide bonds. The van der Waals surface area contributed by atoms with E-state index in [1.807, 2.05) is 24.4 Å². The minimum Gasteiger partial charge on any atom is -0.381 e. The molecule has 0 spiro atoms. The molecular weight excluding hydrogens is 420 g/mol. The van der Waals surface area contributed by atoms with E-state index in [4.69, 9.17) is 0 Å². The molecule has 2 aliphatic rings. The minimum atomic E-state index is 0.169. The third-order valence-corrected chi connectivity index (χ3v) is 7.31. The first-order valence-electron chi connectivity index (χ1n) is 12.5. The Morgan fingerprint density at radius 2 is 1.88 bits per heavy atom. The quantitative estimate of drug-likeness (QED) is 0.561. The number of rotatable bonds is 6. The molecule has 3 heterocycles. The summed E-state index contributed by atoms with van der Waals surface area (Å²) in [7, 11) is 0. The smallest absolute Gasteiger partial charge is 0.254 e. The van der Waals surface area contributed by atoms with Crippen molar-refractivity contribution in [1.82, 2.24) is 14.8 Å². The highest BCUT2D eigenvalue weighted by Crippen LogP contribution is 2.32. The van der Waals surface area contributed by atoms with Crippen LogP contribution in [0.1, 0.15) is 46.3 Å². The minimum absolute atomic E-state index is 0.169. The molecular formula is C29H34N4O. The normalized spacial score (nSPS) is 20.6. The van der Waals surface area contributed by atoms with E-state index in [-0.39, 0.29) is 5.91 Å². The van der Waals surface area contributed by atoms with Crippen LogP contribution in [0, 0.1) is 12.8 Å². The molecule has 0 radical (unpaired) electrons. The Labute approximate surface area is 202 Å². The monoisotopic (exact) mass is 454 g/mol. The second kappa shape index (κ2) is 10.4. The van der Waals surface area contributed by atoms with E-state index in [0.717, 1.165) is 55.0 Å². The van der Waals surface area contributed by atoms with Gasteiger partial charge in [-0.25, -0.2) is 0 Å². The van der Waals surface area contributed by atoms with Crippen molar-refractivity contribution in [2.24, 2.45) is 5.92 Å². The van der Waals surface area contributed by atoms with Crippen molar-refractivity contribution in [3.8, 4) is 0 Å². The fraction of sp³-hybridized carbons (Fsp3) is 0.379. The molecule has 1 N–H and O–H groups in total. The molecule has 2 atom stereocenters. The Bertz CT molecular complexity index is 1100. The van der Waals surface area contributed by atoms with E-state index in [0.29, 0.717) is 18.5 Å². The number of benzene rings is 2. The number of carbonyl (C=O) groups excluding carboxylic acids is 1. The van der Waals surface area contributed by atoms with Crippen LogP contribution in [-0.4, -0.2) is 46.4 Å². The van der Waals surface area contributed by atoms with Gasteiger partial charge in [0.2, 0.25) is 0 Å². The van der Waals surface area contributed by atoms with Crippen LogP contribution in [0.5, 0.6) is 0 Å². The topological polar surface area (TPSA) is 48.5 Å². The van der Waals surface area contributed by atoms with Crippen molar-refractivity contribution in [3.05, 3.63) is 95.3 Å². The van der Waals surface area contributed by atoms with Gasteiger partial charge in [0, 0.05) is 62.4 Å². The number of hydrogen-bond donors (Lipinski definition) is 1. The van der Waals surface area contributed by atoms with Gasteiger partial charge in [0.05, 0.1) is 0 Å². The largest absolute Gasteiger partial charge is 0.381 e. The molecule has 0 bridgehead atoms. The van der Waals surface area contributed by atoms with E-state index < -0.39 is 0 Å². The van der Waals surface area contributed by atoms with Gasteiger partial charge in [-0.3, -0.25) is 14.7 Å². The first-order valence-corrected chi connectivity index (χ1v) is 12.5. The number of nitrogens with one attached hydrogen (secondary N) is 1. The molecule has 0 saturated carbocycles. The highest BCUT2D eigenvalue weighted by Gasteiger charge is 2.39. The Balaban J connectivity index is 1.30. The number of fused-ring (bicyclic) bond motifs is 1. The lowest BCUT2D eigenvalue weighted by molar-refractivity contribution is 0.0663. The van der Waals surface area contributed by atoms with E-state index >= 15 is 0 Å². The summed E-state index contributed by atoms with van der Waals surface area (Å²) in [6.07, 6.45) is 7.17. The number of amides is 1. The zero-order valence-corrected chi connectivity index (χ0v) is 20.0. The first kappa shape index (κ1) is 22.6. The van der Waals surface area contributed by atoms with Crippen molar-refractivity contribution < 1.29 is 4.79 Å². The van der Waals surface area contributed by atoms with Crippen LogP contribution in [0.15, 0.2) is 73.1 Å². The molecule has 34 heavy (non-hydrogen) atoms. The summed E-state index contributed by atoms with van der Waals surface area (Å²) < 4.78 is 0. The summed E-state index contributed by atoms with van der Waals surface area (Å²) in [6.45, 7) is 6.63. The number of aryl methyl sites for hydroxylation is 1. The number of aromatic nitrogens is 1. The van der Waals surface area contributed by atoms with E-state index in [1.54, 1.807) is 6.20 Å². The molecule has 2 saturated heterocycles. The number of nitrogens with zero attached hydrogens (tertiary/aromatic N) is 3. The maximum Gasteiger partial charge on any atom is 0.254 e. The maximum atomic E-state index is 13.8. The second-order valence-corrected chi connectivity index (χ2v) is 9.75. The van der Waals surface area contributed by atoms with Crippen LogP contribution in [0.2, 0.25) is 0 Å². The highest BCUT2D eigenvalue weighted by atomic mass is 16.2. The lowest BCUT2D eigenvalue weighted by Gasteiger charge is -2.30. The van der Waals surface area contributed by atoms with Gasteiger partial charge >= 0.3 is 0 Å². The van der Waals surface area contributed by atoms with Gasteiger partial charge in [0.15, 0.2) is 0 Å². The Morgan fingerprint density at radius 3 is 2.71 bits per heavy atom. The van der Waals surface area contributed by atoms with Crippen molar-refractivity contribution in [1.29, 1.82) is 0 Å². The van der Waals surface area contributed by atoms with Gasteiger partial charge in [-0.15, -0.1) is 0 Å². The standard InChI is InChI=1S/C29H34N4O/c1-22-12-13-25(16-27(22)31-18-24-10-7-14-30-17-24)29(34)33-15-6-5-11-26-20-32(21-28(26)33)19-23-8-3-2-4-9-23/h2-4,7-10,12-14,16-17,26,28,31H,5-6,11,15,18-21H2,1H3/t26-,28+/m0/s1. The zero-order chi connectivity index (χ0) is 23.3. The number of pyridine rings is 1.